The second-order valence-corrected chi connectivity index (χ2v) is 12.1. The van der Waals surface area contributed by atoms with Crippen LogP contribution < -0.4 is 4.90 Å². The summed E-state index contributed by atoms with van der Waals surface area (Å²) >= 11 is 0. The first-order valence-corrected chi connectivity index (χ1v) is 13.7. The van der Waals surface area contributed by atoms with Crippen molar-refractivity contribution in [3.63, 3.8) is 0 Å². The van der Waals surface area contributed by atoms with E-state index in [0.717, 1.165) is 44.8 Å². The fourth-order valence-corrected chi connectivity index (χ4v) is 7.48. The van der Waals surface area contributed by atoms with Gasteiger partial charge in [-0.25, -0.2) is 8.42 Å². The average molecular weight is 489 g/mol. The molecule has 1 aliphatic heterocycles. The van der Waals surface area contributed by atoms with Crippen LogP contribution >= 0.6 is 0 Å². The van der Waals surface area contributed by atoms with E-state index in [9.17, 15) is 21.6 Å². The van der Waals surface area contributed by atoms with Crippen LogP contribution in [0.2, 0.25) is 0 Å². The Labute approximate surface area is 195 Å². The van der Waals surface area contributed by atoms with Gasteiger partial charge in [-0.2, -0.15) is 13.2 Å². The van der Waals surface area contributed by atoms with E-state index in [2.05, 4.69) is 18.7 Å². The number of nitrogens with zero attached hydrogens (tertiary/aromatic N) is 2. The normalized spacial score (nSPS) is 25.9. The highest BCUT2D eigenvalue weighted by Crippen LogP contribution is 2.41. The van der Waals surface area contributed by atoms with Gasteiger partial charge in [0.2, 0.25) is 0 Å². The van der Waals surface area contributed by atoms with Crippen LogP contribution in [-0.4, -0.2) is 63.0 Å². The van der Waals surface area contributed by atoms with E-state index in [0.29, 0.717) is 37.7 Å². The van der Waals surface area contributed by atoms with E-state index >= 15 is 0 Å². The molecule has 0 amide bonds. The van der Waals surface area contributed by atoms with Gasteiger partial charge in [-0.1, -0.05) is 12.8 Å². The molecule has 0 unspecified atom stereocenters. The maximum absolute atomic E-state index is 14.0. The first-order chi connectivity index (χ1) is 15.6. The molecule has 0 bridgehead atoms. The number of sulfone groups is 1. The smallest absolute Gasteiger partial charge is 0.375 e. The monoisotopic (exact) mass is 488 g/mol. The van der Waals surface area contributed by atoms with E-state index in [4.69, 9.17) is 4.74 Å². The lowest BCUT2D eigenvalue weighted by Crippen LogP contribution is -2.49. The second-order valence-electron chi connectivity index (χ2n) is 9.94. The number of alkyl halides is 3. The topological polar surface area (TPSA) is 49.9 Å². The molecule has 1 aromatic carbocycles. The third-order valence-electron chi connectivity index (χ3n) is 7.45. The SMILES string of the molecule is CC(C)N1CCN(c2ccc(S(=O)(=O)[C@H]3CC[C@H](OC4CCCC4)C3)c(C(F)(F)F)c2)CC1. The van der Waals surface area contributed by atoms with Gasteiger partial charge < -0.3 is 9.64 Å². The lowest BCUT2D eigenvalue weighted by molar-refractivity contribution is -0.139. The average Bonchev–Trinajstić information content (AvgIpc) is 3.46. The molecule has 0 spiro atoms. The fourth-order valence-electron chi connectivity index (χ4n) is 5.46. The Morgan fingerprint density at radius 2 is 1.64 bits per heavy atom. The van der Waals surface area contributed by atoms with Crippen molar-refractivity contribution in [3.05, 3.63) is 23.8 Å². The first-order valence-electron chi connectivity index (χ1n) is 12.2. The third-order valence-corrected chi connectivity index (χ3v) is 9.72. The summed E-state index contributed by atoms with van der Waals surface area (Å²) in [5.41, 5.74) is -0.620. The van der Waals surface area contributed by atoms with Crippen LogP contribution in [0.5, 0.6) is 0 Å². The lowest BCUT2D eigenvalue weighted by atomic mass is 10.1. The maximum atomic E-state index is 14.0. The van der Waals surface area contributed by atoms with Crippen LogP contribution in [0.4, 0.5) is 18.9 Å². The largest absolute Gasteiger partial charge is 0.417 e. The maximum Gasteiger partial charge on any atom is 0.417 e. The van der Waals surface area contributed by atoms with Crippen molar-refractivity contribution < 1.29 is 26.3 Å². The van der Waals surface area contributed by atoms with E-state index in [1.807, 2.05) is 4.90 Å². The molecule has 5 nitrogen and oxygen atoms in total. The number of ether oxygens (including phenoxy) is 1. The minimum atomic E-state index is -4.74. The summed E-state index contributed by atoms with van der Waals surface area (Å²) in [4.78, 5) is 3.60. The summed E-state index contributed by atoms with van der Waals surface area (Å²) in [7, 11) is -4.11. The summed E-state index contributed by atoms with van der Waals surface area (Å²) in [5, 5.41) is -0.828. The molecule has 1 aromatic rings. The Bertz CT molecular complexity index is 921. The first kappa shape index (κ1) is 24.8. The van der Waals surface area contributed by atoms with Crippen LogP contribution in [0.25, 0.3) is 0 Å². The summed E-state index contributed by atoms with van der Waals surface area (Å²) in [5.74, 6) is 0. The molecule has 0 N–H and O–H groups in total. The van der Waals surface area contributed by atoms with Gasteiger partial charge in [0.15, 0.2) is 9.84 Å². The number of rotatable bonds is 6. The highest BCUT2D eigenvalue weighted by atomic mass is 32.2. The Kier molecular flexibility index (Phi) is 7.32. The summed E-state index contributed by atoms with van der Waals surface area (Å²) in [6.07, 6.45) is 0.649. The molecule has 0 aromatic heterocycles. The van der Waals surface area contributed by atoms with Crippen molar-refractivity contribution >= 4 is 15.5 Å². The quantitative estimate of drug-likeness (QED) is 0.571. The Hall–Kier alpha value is -1.32. The number of benzene rings is 1. The number of halogens is 3. The van der Waals surface area contributed by atoms with Crippen LogP contribution in [0, 0.1) is 0 Å². The van der Waals surface area contributed by atoms with Gasteiger partial charge in [-0.05, 0) is 64.2 Å². The molecular weight excluding hydrogens is 453 g/mol. The van der Waals surface area contributed by atoms with Gasteiger partial charge in [0.1, 0.15) is 0 Å². The zero-order chi connectivity index (χ0) is 23.8. The van der Waals surface area contributed by atoms with Crippen LogP contribution in [-0.2, 0) is 20.8 Å². The summed E-state index contributed by atoms with van der Waals surface area (Å²) in [6.45, 7) is 6.97. The molecule has 3 aliphatic rings. The number of piperazine rings is 1. The van der Waals surface area contributed by atoms with E-state index in [1.54, 1.807) is 0 Å². The molecular formula is C24H35F3N2O3S. The predicted octanol–water partition coefficient (Wildman–Crippen LogP) is 4.89. The second kappa shape index (κ2) is 9.74. The van der Waals surface area contributed by atoms with Crippen molar-refractivity contribution in [2.45, 2.75) is 93.4 Å². The standard InChI is InChI=1S/C24H35F3N2O3S/c1-17(2)28-11-13-29(14-12-28)18-7-10-23(22(15-18)24(25,26)27)33(30,31)21-9-8-20(16-21)32-19-5-3-4-6-19/h7,10,15,17,19-21H,3-6,8-9,11-14,16H2,1-2H3/t20-,21-/m0/s1. The van der Waals surface area contributed by atoms with E-state index < -0.39 is 31.7 Å². The summed E-state index contributed by atoms with van der Waals surface area (Å²) in [6, 6.07) is 4.12. The Morgan fingerprint density at radius 3 is 2.24 bits per heavy atom. The lowest BCUT2D eigenvalue weighted by Gasteiger charge is -2.38. The van der Waals surface area contributed by atoms with Crippen LogP contribution in [0.3, 0.4) is 0 Å². The molecule has 2 aliphatic carbocycles. The highest BCUT2D eigenvalue weighted by molar-refractivity contribution is 7.92. The van der Waals surface area contributed by atoms with Crippen LogP contribution in [0.1, 0.15) is 64.4 Å². The third kappa shape index (κ3) is 5.51. The van der Waals surface area contributed by atoms with Crippen molar-refractivity contribution in [2.24, 2.45) is 0 Å². The molecule has 4 rings (SSSR count). The number of anilines is 1. The molecule has 2 saturated carbocycles. The predicted molar refractivity (Wildman–Crippen MR) is 122 cm³/mol. The van der Waals surface area contributed by atoms with Gasteiger partial charge in [0.05, 0.1) is 27.9 Å². The van der Waals surface area contributed by atoms with Crippen molar-refractivity contribution in [3.8, 4) is 0 Å². The van der Waals surface area contributed by atoms with Gasteiger partial charge in [-0.3, -0.25) is 4.90 Å². The van der Waals surface area contributed by atoms with Gasteiger partial charge in [-0.15, -0.1) is 0 Å². The summed E-state index contributed by atoms with van der Waals surface area (Å²) < 4.78 is 74.7. The zero-order valence-electron chi connectivity index (χ0n) is 19.5. The minimum absolute atomic E-state index is 0.164. The van der Waals surface area contributed by atoms with Gasteiger partial charge in [0, 0.05) is 37.9 Å². The molecule has 2 atom stereocenters. The zero-order valence-corrected chi connectivity index (χ0v) is 20.3. The van der Waals surface area contributed by atoms with Gasteiger partial charge >= 0.3 is 6.18 Å². The molecule has 0 radical (unpaired) electrons. The van der Waals surface area contributed by atoms with Crippen LogP contribution in [0.15, 0.2) is 23.1 Å². The molecule has 9 heteroatoms. The van der Waals surface area contributed by atoms with Crippen molar-refractivity contribution in [2.75, 3.05) is 31.1 Å². The number of hydrogen-bond acceptors (Lipinski definition) is 5. The molecule has 33 heavy (non-hydrogen) atoms. The molecule has 1 heterocycles. The fraction of sp³-hybridized carbons (Fsp3) is 0.750. The molecule has 1 saturated heterocycles. The van der Waals surface area contributed by atoms with E-state index in [1.165, 1.54) is 12.1 Å². The van der Waals surface area contributed by atoms with E-state index in [-0.39, 0.29) is 18.6 Å². The minimum Gasteiger partial charge on any atom is -0.375 e. The molecule has 3 fully saturated rings. The molecule has 186 valence electrons. The van der Waals surface area contributed by atoms with Gasteiger partial charge in [0.25, 0.3) is 0 Å². The Morgan fingerprint density at radius 1 is 0.970 bits per heavy atom. The Balaban J connectivity index is 1.53. The number of hydrogen-bond donors (Lipinski definition) is 0. The van der Waals surface area contributed by atoms with Crippen molar-refractivity contribution in [1.82, 2.24) is 4.90 Å². The van der Waals surface area contributed by atoms with Crippen molar-refractivity contribution in [1.29, 1.82) is 0 Å². The highest BCUT2D eigenvalue weighted by Gasteiger charge is 2.43.